The van der Waals surface area contributed by atoms with Gasteiger partial charge in [-0.2, -0.15) is 0 Å². The van der Waals surface area contributed by atoms with E-state index < -0.39 is 5.97 Å². The Labute approximate surface area is 187 Å². The van der Waals surface area contributed by atoms with Gasteiger partial charge in [0.25, 0.3) is 5.91 Å². The zero-order chi connectivity index (χ0) is 22.2. The molecular formula is C24H21N3O4S. The smallest absolute Gasteiger partial charge is 0.335 e. The molecule has 0 spiro atoms. The number of carboxylic acids is 1. The van der Waals surface area contributed by atoms with Gasteiger partial charge in [0.2, 0.25) is 5.88 Å². The summed E-state index contributed by atoms with van der Waals surface area (Å²) in [6, 6.07) is 13.7. The molecule has 1 aliphatic carbocycles. The maximum Gasteiger partial charge on any atom is 0.335 e. The van der Waals surface area contributed by atoms with Gasteiger partial charge in [-0.25, -0.2) is 14.8 Å². The molecule has 32 heavy (non-hydrogen) atoms. The monoisotopic (exact) mass is 447 g/mol. The Morgan fingerprint density at radius 2 is 1.88 bits per heavy atom. The molecule has 0 saturated heterocycles. The molecule has 1 amide bonds. The van der Waals surface area contributed by atoms with Gasteiger partial charge in [-0.15, -0.1) is 0 Å². The van der Waals surface area contributed by atoms with Crippen LogP contribution in [0.4, 0.5) is 5.69 Å². The van der Waals surface area contributed by atoms with Gasteiger partial charge >= 0.3 is 5.97 Å². The largest absolute Gasteiger partial charge is 0.493 e. The van der Waals surface area contributed by atoms with Gasteiger partial charge in [-0.1, -0.05) is 54.9 Å². The number of carbonyl (C=O) groups excluding carboxylic acids is 1. The molecule has 162 valence electrons. The Morgan fingerprint density at radius 1 is 1.09 bits per heavy atom. The summed E-state index contributed by atoms with van der Waals surface area (Å²) < 4.78 is 1.81. The summed E-state index contributed by atoms with van der Waals surface area (Å²) in [7, 11) is 0. The van der Waals surface area contributed by atoms with Crippen LogP contribution in [0.15, 0.2) is 58.5 Å². The van der Waals surface area contributed by atoms with Crippen molar-refractivity contribution >= 4 is 34.5 Å². The van der Waals surface area contributed by atoms with E-state index in [-0.39, 0.29) is 23.4 Å². The highest BCUT2D eigenvalue weighted by molar-refractivity contribution is 7.11. The highest BCUT2D eigenvalue weighted by atomic mass is 32.1. The lowest BCUT2D eigenvalue weighted by atomic mass is 9.95. The van der Waals surface area contributed by atoms with Crippen LogP contribution < -0.4 is 15.4 Å². The van der Waals surface area contributed by atoms with Gasteiger partial charge in [0, 0.05) is 11.3 Å². The second-order valence-corrected chi connectivity index (χ2v) is 8.95. The van der Waals surface area contributed by atoms with Crippen molar-refractivity contribution in [2.45, 2.75) is 38.1 Å². The van der Waals surface area contributed by atoms with E-state index >= 15 is 0 Å². The van der Waals surface area contributed by atoms with Gasteiger partial charge in [-0.3, -0.25) is 9.36 Å². The molecule has 1 aromatic heterocycles. The summed E-state index contributed by atoms with van der Waals surface area (Å²) in [6.07, 6.45) is 5.10. The van der Waals surface area contributed by atoms with Gasteiger partial charge in [0.05, 0.1) is 22.2 Å². The summed E-state index contributed by atoms with van der Waals surface area (Å²) in [6.45, 7) is 0. The molecule has 3 aromatic rings. The molecule has 2 aliphatic rings. The molecule has 0 radical (unpaired) electrons. The Morgan fingerprint density at radius 3 is 2.66 bits per heavy atom. The number of carbonyl (C=O) groups is 2. The highest BCUT2D eigenvalue weighted by Gasteiger charge is 2.28. The number of nitrogens with zero attached hydrogens (tertiary/aromatic N) is 3. The Bertz CT molecular complexity index is 1430. The molecule has 7 nitrogen and oxygen atoms in total. The van der Waals surface area contributed by atoms with E-state index in [0.717, 1.165) is 32.1 Å². The van der Waals surface area contributed by atoms with Crippen LogP contribution in [0.2, 0.25) is 0 Å². The van der Waals surface area contributed by atoms with Crippen molar-refractivity contribution < 1.29 is 19.8 Å². The predicted octanol–water partition coefficient (Wildman–Crippen LogP) is 3.05. The fourth-order valence-corrected chi connectivity index (χ4v) is 5.55. The lowest BCUT2D eigenvalue weighted by Gasteiger charge is -2.23. The molecule has 2 heterocycles. The number of rotatable bonds is 4. The number of para-hydroxylation sites is 1. The van der Waals surface area contributed by atoms with Crippen molar-refractivity contribution in [1.29, 1.82) is 0 Å². The number of fused-ring (bicyclic) bond motifs is 1. The minimum atomic E-state index is -1.03. The van der Waals surface area contributed by atoms with Crippen molar-refractivity contribution in [1.82, 2.24) is 4.57 Å². The van der Waals surface area contributed by atoms with E-state index in [2.05, 4.69) is 4.99 Å². The minimum absolute atomic E-state index is 0.0188. The first-order chi connectivity index (χ1) is 15.5. The van der Waals surface area contributed by atoms with Crippen LogP contribution in [-0.4, -0.2) is 26.7 Å². The maximum absolute atomic E-state index is 12.7. The average molecular weight is 448 g/mol. The van der Waals surface area contributed by atoms with Crippen molar-refractivity contribution in [3.63, 3.8) is 0 Å². The normalized spacial score (nSPS) is 16.8. The standard InChI is InChI=1S/C24H21N3O4S/c28-21-19(17-11-4-5-12-18(17)26-21)20-22(29)27(16-9-2-1-3-10-16)24(32-20)25-15-8-6-7-14(13-15)23(30)31/h4-8,11-13,16,29H,1-3,9-10H2,(H,30,31). The quantitative estimate of drug-likeness (QED) is 0.641. The second-order valence-electron chi connectivity index (χ2n) is 7.98. The molecule has 0 atom stereocenters. The SMILES string of the molecule is O=C1N=c2ccccc2=C1c1sc(=Nc2cccc(C(=O)O)c2)n(C2CCCCC2)c1O. The maximum atomic E-state index is 12.7. The van der Waals surface area contributed by atoms with E-state index in [1.165, 1.54) is 23.5 Å². The van der Waals surface area contributed by atoms with Crippen molar-refractivity contribution in [2.24, 2.45) is 9.98 Å². The number of hydrogen-bond acceptors (Lipinski definition) is 5. The first-order valence-corrected chi connectivity index (χ1v) is 11.4. The molecule has 5 rings (SSSR count). The molecule has 2 N–H and O–H groups in total. The molecule has 1 fully saturated rings. The number of benzene rings is 2. The third kappa shape index (κ3) is 3.56. The van der Waals surface area contributed by atoms with Crippen molar-refractivity contribution in [2.75, 3.05) is 0 Å². The molecule has 2 aromatic carbocycles. The number of aromatic hydroxyl groups is 1. The van der Waals surface area contributed by atoms with E-state index in [0.29, 0.717) is 31.5 Å². The summed E-state index contributed by atoms with van der Waals surface area (Å²) in [5.74, 6) is -1.38. The van der Waals surface area contributed by atoms with E-state index in [4.69, 9.17) is 4.99 Å². The third-order valence-electron chi connectivity index (χ3n) is 5.92. The fraction of sp³-hybridized carbons (Fsp3) is 0.250. The van der Waals surface area contributed by atoms with Gasteiger partial charge in [-0.05, 0) is 37.1 Å². The van der Waals surface area contributed by atoms with Gasteiger partial charge in [0.1, 0.15) is 4.88 Å². The number of aromatic nitrogens is 1. The number of hydrogen-bond donors (Lipinski definition) is 2. The molecule has 1 aliphatic heterocycles. The lowest BCUT2D eigenvalue weighted by molar-refractivity contribution is -0.112. The predicted molar refractivity (Wildman–Crippen MR) is 119 cm³/mol. The van der Waals surface area contributed by atoms with Crippen LogP contribution in [0, 0.1) is 0 Å². The first kappa shape index (κ1) is 20.4. The Balaban J connectivity index is 1.74. The van der Waals surface area contributed by atoms with Crippen LogP contribution in [0.5, 0.6) is 5.88 Å². The first-order valence-electron chi connectivity index (χ1n) is 10.6. The fourth-order valence-electron chi connectivity index (χ4n) is 4.40. The van der Waals surface area contributed by atoms with Crippen molar-refractivity contribution in [3.05, 3.63) is 74.3 Å². The van der Waals surface area contributed by atoms with E-state index in [1.807, 2.05) is 22.8 Å². The molecule has 0 bridgehead atoms. The number of carboxylic acid groups (broad SMARTS) is 1. The number of aromatic carboxylic acids is 1. The van der Waals surface area contributed by atoms with Crippen LogP contribution in [0.1, 0.15) is 53.4 Å². The lowest BCUT2D eigenvalue weighted by Crippen LogP contribution is -2.23. The zero-order valence-corrected chi connectivity index (χ0v) is 18.0. The Hall–Kier alpha value is -3.52. The summed E-state index contributed by atoms with van der Waals surface area (Å²) >= 11 is 1.23. The molecule has 8 heteroatoms. The average Bonchev–Trinajstić information content (AvgIpc) is 3.29. The van der Waals surface area contributed by atoms with Gasteiger partial charge < -0.3 is 10.2 Å². The Kier molecular flexibility index (Phi) is 5.22. The van der Waals surface area contributed by atoms with E-state index in [1.54, 1.807) is 18.2 Å². The minimum Gasteiger partial charge on any atom is -0.493 e. The highest BCUT2D eigenvalue weighted by Crippen LogP contribution is 2.36. The van der Waals surface area contributed by atoms with Crippen LogP contribution in [0.3, 0.4) is 0 Å². The molecule has 0 unspecified atom stereocenters. The summed E-state index contributed by atoms with van der Waals surface area (Å²) in [4.78, 5) is 33.9. The second kappa shape index (κ2) is 8.20. The van der Waals surface area contributed by atoms with Crippen molar-refractivity contribution in [3.8, 4) is 5.88 Å². The zero-order valence-electron chi connectivity index (χ0n) is 17.2. The third-order valence-corrected chi connectivity index (χ3v) is 6.99. The van der Waals surface area contributed by atoms with Crippen LogP contribution in [-0.2, 0) is 4.79 Å². The van der Waals surface area contributed by atoms with Crippen LogP contribution >= 0.6 is 11.3 Å². The van der Waals surface area contributed by atoms with Crippen LogP contribution in [0.25, 0.3) is 5.57 Å². The van der Waals surface area contributed by atoms with Gasteiger partial charge in [0.15, 0.2) is 4.80 Å². The summed E-state index contributed by atoms with van der Waals surface area (Å²) in [5.41, 5.74) is 1.01. The topological polar surface area (TPSA) is 104 Å². The number of thiazole rings is 1. The van der Waals surface area contributed by atoms with E-state index in [9.17, 15) is 19.8 Å². The molecular weight excluding hydrogens is 426 g/mol. The number of amides is 1. The summed E-state index contributed by atoms with van der Waals surface area (Å²) in [5, 5.41) is 21.9. The molecule has 1 saturated carbocycles.